The number of aliphatic imine (C=N–C) groups is 1. The van der Waals surface area contributed by atoms with Crippen molar-refractivity contribution >= 4 is 24.7 Å². The molecule has 2 aliphatic rings. The second kappa shape index (κ2) is 9.88. The first kappa shape index (κ1) is 22.6. The molecule has 10 nitrogen and oxygen atoms in total. The van der Waals surface area contributed by atoms with Crippen LogP contribution < -0.4 is 16.4 Å². The number of amides is 1. The Morgan fingerprint density at radius 1 is 1.39 bits per heavy atom. The molecule has 1 amide bonds. The van der Waals surface area contributed by atoms with Gasteiger partial charge in [-0.05, 0) is 57.3 Å². The summed E-state index contributed by atoms with van der Waals surface area (Å²) in [5.74, 6) is 1.06. The summed E-state index contributed by atoms with van der Waals surface area (Å²) in [6.45, 7) is 11.0. The normalized spacial score (nSPS) is 19.6. The van der Waals surface area contributed by atoms with Gasteiger partial charge in [-0.25, -0.2) is 15.0 Å². The number of aromatic nitrogens is 3. The van der Waals surface area contributed by atoms with E-state index in [0.29, 0.717) is 23.4 Å². The first-order valence-electron chi connectivity index (χ1n) is 11.0. The van der Waals surface area contributed by atoms with Crippen molar-refractivity contribution in [2.45, 2.75) is 31.7 Å². The molecule has 2 aromatic heterocycles. The largest absolute Gasteiger partial charge is 0.324 e. The number of piperidine rings is 1. The van der Waals surface area contributed by atoms with Crippen molar-refractivity contribution in [1.29, 1.82) is 0 Å². The Kier molecular flexibility index (Phi) is 6.76. The molecule has 2 aromatic rings. The van der Waals surface area contributed by atoms with Gasteiger partial charge in [-0.3, -0.25) is 4.79 Å². The number of carbonyl (C=O) groups excluding carboxylic acids is 1. The number of nitrogens with two attached hydrogens (primary N) is 1. The molecular weight excluding hydrogens is 418 g/mol. The van der Waals surface area contributed by atoms with Crippen LogP contribution in [0.4, 0.5) is 5.82 Å². The van der Waals surface area contributed by atoms with Crippen LogP contribution in [0.1, 0.15) is 43.0 Å². The van der Waals surface area contributed by atoms with Gasteiger partial charge in [-0.2, -0.15) is 14.9 Å². The van der Waals surface area contributed by atoms with E-state index in [-0.39, 0.29) is 11.9 Å². The molecule has 4 heterocycles. The number of hydrogen-bond acceptors (Lipinski definition) is 8. The van der Waals surface area contributed by atoms with Gasteiger partial charge < -0.3 is 16.4 Å². The minimum Gasteiger partial charge on any atom is -0.324 e. The Labute approximate surface area is 193 Å². The summed E-state index contributed by atoms with van der Waals surface area (Å²) in [6.07, 6.45) is 8.44. The summed E-state index contributed by atoms with van der Waals surface area (Å²) < 4.78 is 1.67. The van der Waals surface area contributed by atoms with Crippen molar-refractivity contribution in [3.8, 4) is 5.82 Å². The lowest BCUT2D eigenvalue weighted by molar-refractivity contribution is -0.117. The van der Waals surface area contributed by atoms with E-state index in [4.69, 9.17) is 10.8 Å². The number of carbonyl (C=O) groups is 1. The predicted molar refractivity (Wildman–Crippen MR) is 129 cm³/mol. The van der Waals surface area contributed by atoms with Gasteiger partial charge in [0.25, 0.3) is 0 Å². The summed E-state index contributed by atoms with van der Waals surface area (Å²) in [7, 11) is 0. The summed E-state index contributed by atoms with van der Waals surface area (Å²) in [5.41, 5.74) is 7.82. The van der Waals surface area contributed by atoms with Crippen molar-refractivity contribution in [3.05, 3.63) is 60.3 Å². The molecule has 2 aliphatic heterocycles. The van der Waals surface area contributed by atoms with E-state index < -0.39 is 5.92 Å². The minimum atomic E-state index is -0.610. The van der Waals surface area contributed by atoms with Gasteiger partial charge in [0.15, 0.2) is 5.82 Å². The van der Waals surface area contributed by atoms with Crippen LogP contribution >= 0.6 is 0 Å². The molecule has 4 N–H and O–H groups in total. The molecule has 4 rings (SSSR count). The first-order chi connectivity index (χ1) is 16.0. The molecule has 1 fully saturated rings. The average molecular weight is 448 g/mol. The average Bonchev–Trinajstić information content (AvgIpc) is 3.27. The molecule has 33 heavy (non-hydrogen) atoms. The van der Waals surface area contributed by atoms with Crippen LogP contribution in [0.5, 0.6) is 0 Å². The topological polar surface area (TPSA) is 126 Å². The molecule has 172 valence electrons. The third-order valence-electron chi connectivity index (χ3n) is 5.80. The zero-order chi connectivity index (χ0) is 23.4. The summed E-state index contributed by atoms with van der Waals surface area (Å²) in [5, 5.41) is 16.8. The lowest BCUT2D eigenvalue weighted by atomic mass is 9.95. The molecule has 0 bridgehead atoms. The summed E-state index contributed by atoms with van der Waals surface area (Å²) >= 11 is 0. The van der Waals surface area contributed by atoms with Crippen molar-refractivity contribution in [1.82, 2.24) is 25.1 Å². The Morgan fingerprint density at radius 3 is 2.82 bits per heavy atom. The highest BCUT2D eigenvalue weighted by Gasteiger charge is 2.25. The SMILES string of the molecule is C=CN1N=CC(C(=O)Nc2cc(C3CCNCC3)nn2-c2ccc(C(C)N)cn2)C=C1N=C. The fourth-order valence-corrected chi connectivity index (χ4v) is 3.87. The maximum Gasteiger partial charge on any atom is 0.238 e. The van der Waals surface area contributed by atoms with Crippen molar-refractivity contribution in [2.24, 2.45) is 21.7 Å². The molecule has 0 aliphatic carbocycles. The highest BCUT2D eigenvalue weighted by Crippen LogP contribution is 2.28. The van der Waals surface area contributed by atoms with Crippen LogP contribution in [0, 0.1) is 5.92 Å². The van der Waals surface area contributed by atoms with Crippen LogP contribution in [0.2, 0.25) is 0 Å². The van der Waals surface area contributed by atoms with Crippen LogP contribution in [-0.2, 0) is 4.79 Å². The predicted octanol–water partition coefficient (Wildman–Crippen LogP) is 2.30. The van der Waals surface area contributed by atoms with E-state index in [1.165, 1.54) is 17.4 Å². The third kappa shape index (κ3) is 4.91. The fraction of sp³-hybridized carbons (Fsp3) is 0.348. The summed E-state index contributed by atoms with van der Waals surface area (Å²) in [6, 6.07) is 5.60. The monoisotopic (exact) mass is 447 g/mol. The molecule has 2 atom stereocenters. The van der Waals surface area contributed by atoms with Gasteiger partial charge >= 0.3 is 0 Å². The Bertz CT molecular complexity index is 1080. The number of nitrogens with zero attached hydrogens (tertiary/aromatic N) is 6. The van der Waals surface area contributed by atoms with Crippen LogP contribution in [-0.4, -0.2) is 51.7 Å². The number of hydrazone groups is 1. The molecule has 0 spiro atoms. The number of anilines is 1. The highest BCUT2D eigenvalue weighted by molar-refractivity contribution is 6.03. The van der Waals surface area contributed by atoms with Crippen LogP contribution in [0.15, 0.2) is 59.2 Å². The fourth-order valence-electron chi connectivity index (χ4n) is 3.87. The van der Waals surface area contributed by atoms with E-state index in [2.05, 4.69) is 39.0 Å². The van der Waals surface area contributed by atoms with Gasteiger partial charge in [0, 0.05) is 36.6 Å². The lowest BCUT2D eigenvalue weighted by Gasteiger charge is -2.20. The zero-order valence-electron chi connectivity index (χ0n) is 18.7. The van der Waals surface area contributed by atoms with E-state index in [0.717, 1.165) is 37.2 Å². The Hall–Kier alpha value is -3.63. The molecule has 1 saturated heterocycles. The molecule has 0 saturated carbocycles. The van der Waals surface area contributed by atoms with Crippen molar-refractivity contribution < 1.29 is 4.79 Å². The smallest absolute Gasteiger partial charge is 0.238 e. The molecule has 0 radical (unpaired) electrons. The van der Waals surface area contributed by atoms with Gasteiger partial charge in [0.2, 0.25) is 5.91 Å². The highest BCUT2D eigenvalue weighted by atomic mass is 16.2. The standard InChI is InChI=1S/C23H29N9O/c1-4-31-21(25-3)11-18(14-28-31)23(33)29-22-12-19(16-7-9-26-10-8-16)30-32(22)20-6-5-17(13-27-20)15(2)24/h4-6,11-16,18,26H,1,3,7-10,24H2,2H3,(H,29,33). The lowest BCUT2D eigenvalue weighted by Crippen LogP contribution is -2.28. The van der Waals surface area contributed by atoms with E-state index in [9.17, 15) is 4.79 Å². The number of rotatable bonds is 7. The first-order valence-corrected chi connectivity index (χ1v) is 11.0. The maximum absolute atomic E-state index is 13.1. The Morgan fingerprint density at radius 2 is 2.18 bits per heavy atom. The van der Waals surface area contributed by atoms with Gasteiger partial charge in [-0.1, -0.05) is 12.6 Å². The van der Waals surface area contributed by atoms with Crippen molar-refractivity contribution in [3.63, 3.8) is 0 Å². The second-order valence-corrected chi connectivity index (χ2v) is 8.12. The second-order valence-electron chi connectivity index (χ2n) is 8.12. The van der Waals surface area contributed by atoms with Crippen LogP contribution in [0.3, 0.4) is 0 Å². The van der Waals surface area contributed by atoms with E-state index in [1.54, 1.807) is 17.0 Å². The zero-order valence-corrected chi connectivity index (χ0v) is 18.7. The van der Waals surface area contributed by atoms with Crippen LogP contribution in [0.25, 0.3) is 5.82 Å². The molecule has 10 heteroatoms. The minimum absolute atomic E-state index is 0.117. The van der Waals surface area contributed by atoms with E-state index in [1.807, 2.05) is 25.1 Å². The quantitative estimate of drug-likeness (QED) is 0.559. The van der Waals surface area contributed by atoms with Gasteiger partial charge in [0.05, 0.1) is 11.6 Å². The van der Waals surface area contributed by atoms with Crippen molar-refractivity contribution in [2.75, 3.05) is 18.4 Å². The molecule has 2 unspecified atom stereocenters. The van der Waals surface area contributed by atoms with Gasteiger partial charge in [0.1, 0.15) is 11.6 Å². The van der Waals surface area contributed by atoms with Gasteiger partial charge in [-0.15, -0.1) is 0 Å². The third-order valence-corrected chi connectivity index (χ3v) is 5.80. The number of nitrogens with one attached hydrogen (secondary N) is 2. The molecule has 0 aromatic carbocycles. The Balaban J connectivity index is 1.63. The maximum atomic E-state index is 13.1. The number of hydrogen-bond donors (Lipinski definition) is 3. The number of pyridine rings is 1. The summed E-state index contributed by atoms with van der Waals surface area (Å²) in [4.78, 5) is 21.5. The van der Waals surface area contributed by atoms with E-state index >= 15 is 0 Å². The molecular formula is C23H29N9O.